The Hall–Kier alpha value is -1.87. The second kappa shape index (κ2) is 5.19. The number of aliphatic hydroxyl groups is 1. The second-order valence-corrected chi connectivity index (χ2v) is 5.31. The molecule has 18 heavy (non-hydrogen) atoms. The number of carbonyl (C=O) groups excluding carboxylic acids is 1. The van der Waals surface area contributed by atoms with Gasteiger partial charge in [-0.2, -0.15) is 0 Å². The zero-order valence-electron chi connectivity index (χ0n) is 10.1. The highest BCUT2D eigenvalue weighted by Crippen LogP contribution is 2.21. The monoisotopic (exact) mass is 258 g/mol. The molecule has 3 heteroatoms. The SMILES string of the molecule is C=C(O)c1ccc(Cc2ccc(C(C)=O)s2)cc1. The smallest absolute Gasteiger partial charge is 0.169 e. The number of Topliss-reactive ketones (excluding diaryl/α,β-unsaturated/α-hetero) is 1. The molecular formula is C15H14O2S. The van der Waals surface area contributed by atoms with Gasteiger partial charge in [0.2, 0.25) is 0 Å². The number of carbonyl (C=O) groups is 1. The van der Waals surface area contributed by atoms with Crippen LogP contribution in [0, 0.1) is 0 Å². The maximum atomic E-state index is 11.2. The highest BCUT2D eigenvalue weighted by Gasteiger charge is 2.05. The number of rotatable bonds is 4. The van der Waals surface area contributed by atoms with E-state index in [2.05, 4.69) is 6.58 Å². The van der Waals surface area contributed by atoms with Gasteiger partial charge in [0, 0.05) is 16.9 Å². The fourth-order valence-corrected chi connectivity index (χ4v) is 2.62. The van der Waals surface area contributed by atoms with Crippen molar-refractivity contribution in [1.29, 1.82) is 0 Å². The summed E-state index contributed by atoms with van der Waals surface area (Å²) >= 11 is 1.53. The Labute approximate surface area is 110 Å². The fourth-order valence-electron chi connectivity index (χ4n) is 1.68. The molecule has 92 valence electrons. The number of hydrogen-bond donors (Lipinski definition) is 1. The molecule has 0 spiro atoms. The van der Waals surface area contributed by atoms with E-state index in [4.69, 9.17) is 0 Å². The zero-order chi connectivity index (χ0) is 13.1. The van der Waals surface area contributed by atoms with Gasteiger partial charge in [-0.05, 0) is 24.6 Å². The van der Waals surface area contributed by atoms with Gasteiger partial charge in [0.25, 0.3) is 0 Å². The van der Waals surface area contributed by atoms with Crippen LogP contribution in [0.1, 0.15) is 32.6 Å². The van der Waals surface area contributed by atoms with Crippen molar-refractivity contribution in [1.82, 2.24) is 0 Å². The molecule has 1 aromatic carbocycles. The first-order valence-corrected chi connectivity index (χ1v) is 6.45. The van der Waals surface area contributed by atoms with Gasteiger partial charge in [0.1, 0.15) is 5.76 Å². The molecule has 1 aromatic heterocycles. The van der Waals surface area contributed by atoms with Crippen molar-refractivity contribution >= 4 is 22.9 Å². The fraction of sp³-hybridized carbons (Fsp3) is 0.133. The molecule has 2 rings (SSSR count). The van der Waals surface area contributed by atoms with Gasteiger partial charge < -0.3 is 5.11 Å². The van der Waals surface area contributed by atoms with E-state index >= 15 is 0 Å². The minimum absolute atomic E-state index is 0.0801. The van der Waals surface area contributed by atoms with E-state index in [0.29, 0.717) is 0 Å². The minimum atomic E-state index is 0.0801. The lowest BCUT2D eigenvalue weighted by atomic mass is 10.1. The van der Waals surface area contributed by atoms with E-state index in [1.54, 1.807) is 6.92 Å². The summed E-state index contributed by atoms with van der Waals surface area (Å²) < 4.78 is 0. The highest BCUT2D eigenvalue weighted by molar-refractivity contribution is 7.14. The average molecular weight is 258 g/mol. The molecule has 1 N–H and O–H groups in total. The van der Waals surface area contributed by atoms with E-state index in [-0.39, 0.29) is 11.5 Å². The van der Waals surface area contributed by atoms with Crippen LogP contribution in [0.3, 0.4) is 0 Å². The Morgan fingerprint density at radius 2 is 1.89 bits per heavy atom. The topological polar surface area (TPSA) is 37.3 Å². The van der Waals surface area contributed by atoms with Crippen LogP contribution in [-0.2, 0) is 6.42 Å². The number of benzene rings is 1. The molecule has 2 aromatic rings. The predicted molar refractivity (Wildman–Crippen MR) is 75.2 cm³/mol. The lowest BCUT2D eigenvalue weighted by Crippen LogP contribution is -1.87. The van der Waals surface area contributed by atoms with Crippen molar-refractivity contribution < 1.29 is 9.90 Å². The second-order valence-electron chi connectivity index (χ2n) is 4.14. The first-order chi connectivity index (χ1) is 8.56. The van der Waals surface area contributed by atoms with Crippen LogP contribution in [0.15, 0.2) is 43.0 Å². The van der Waals surface area contributed by atoms with Gasteiger partial charge in [-0.3, -0.25) is 4.79 Å². The van der Waals surface area contributed by atoms with Crippen LogP contribution >= 0.6 is 11.3 Å². The molecule has 0 unspecified atom stereocenters. The Morgan fingerprint density at radius 3 is 2.39 bits per heavy atom. The zero-order valence-corrected chi connectivity index (χ0v) is 11.0. The molecular weight excluding hydrogens is 244 g/mol. The van der Waals surface area contributed by atoms with E-state index in [1.165, 1.54) is 11.3 Å². The molecule has 0 atom stereocenters. The summed E-state index contributed by atoms with van der Waals surface area (Å²) in [6, 6.07) is 11.5. The maximum Gasteiger partial charge on any atom is 0.169 e. The van der Waals surface area contributed by atoms with Crippen LogP contribution < -0.4 is 0 Å². The van der Waals surface area contributed by atoms with Crippen LogP contribution in [0.2, 0.25) is 0 Å². The van der Waals surface area contributed by atoms with Gasteiger partial charge in [0.15, 0.2) is 5.78 Å². The first-order valence-electron chi connectivity index (χ1n) is 5.63. The summed E-state index contributed by atoms with van der Waals surface area (Å²) in [7, 11) is 0. The predicted octanol–water partition coefficient (Wildman–Crippen LogP) is 4.07. The van der Waals surface area contributed by atoms with Gasteiger partial charge in [-0.25, -0.2) is 0 Å². The quantitative estimate of drug-likeness (QED) is 0.663. The van der Waals surface area contributed by atoms with Crippen molar-refractivity contribution in [3.05, 3.63) is 63.9 Å². The van der Waals surface area contributed by atoms with Crippen LogP contribution in [0.25, 0.3) is 5.76 Å². The van der Waals surface area contributed by atoms with Crippen molar-refractivity contribution in [3.8, 4) is 0 Å². The van der Waals surface area contributed by atoms with Gasteiger partial charge in [-0.1, -0.05) is 30.8 Å². The molecule has 0 fully saturated rings. The van der Waals surface area contributed by atoms with E-state index < -0.39 is 0 Å². The average Bonchev–Trinajstić information content (AvgIpc) is 2.78. The molecule has 1 heterocycles. The van der Waals surface area contributed by atoms with Gasteiger partial charge >= 0.3 is 0 Å². The first kappa shape index (κ1) is 12.6. The molecule has 0 saturated heterocycles. The van der Waals surface area contributed by atoms with Crippen molar-refractivity contribution in [2.45, 2.75) is 13.3 Å². The number of hydrogen-bond acceptors (Lipinski definition) is 3. The summed E-state index contributed by atoms with van der Waals surface area (Å²) in [6.07, 6.45) is 0.802. The third kappa shape index (κ3) is 2.87. The standard InChI is InChI=1S/C15H14O2S/c1-10(16)13-5-3-12(4-6-13)9-14-7-8-15(18-14)11(2)17/h3-8,16H,1,9H2,2H3. The lowest BCUT2D eigenvalue weighted by Gasteiger charge is -2.01. The highest BCUT2D eigenvalue weighted by atomic mass is 32.1. The number of ketones is 1. The van der Waals surface area contributed by atoms with Crippen LogP contribution in [0.5, 0.6) is 0 Å². The third-order valence-corrected chi connectivity index (χ3v) is 3.86. The molecule has 2 nitrogen and oxygen atoms in total. The molecule has 0 radical (unpaired) electrons. The molecule has 0 amide bonds. The number of aliphatic hydroxyl groups excluding tert-OH is 1. The summed E-state index contributed by atoms with van der Waals surface area (Å²) in [5.74, 6) is 0.190. The van der Waals surface area contributed by atoms with Crippen molar-refractivity contribution in [3.63, 3.8) is 0 Å². The van der Waals surface area contributed by atoms with E-state index in [0.717, 1.165) is 27.3 Å². The van der Waals surface area contributed by atoms with E-state index in [9.17, 15) is 9.90 Å². The molecule has 0 aliphatic carbocycles. The van der Waals surface area contributed by atoms with Gasteiger partial charge in [-0.15, -0.1) is 11.3 Å². The molecule has 0 aliphatic rings. The summed E-state index contributed by atoms with van der Waals surface area (Å²) in [5.41, 5.74) is 1.88. The van der Waals surface area contributed by atoms with Crippen LogP contribution in [0.4, 0.5) is 0 Å². The van der Waals surface area contributed by atoms with Crippen molar-refractivity contribution in [2.75, 3.05) is 0 Å². The Kier molecular flexibility index (Phi) is 3.63. The molecule has 0 aliphatic heterocycles. The Morgan fingerprint density at radius 1 is 1.22 bits per heavy atom. The normalized spacial score (nSPS) is 10.3. The molecule has 0 saturated carbocycles. The summed E-state index contributed by atoms with van der Waals surface area (Å²) in [6.45, 7) is 5.06. The Bertz CT molecular complexity index is 579. The minimum Gasteiger partial charge on any atom is -0.508 e. The third-order valence-electron chi connectivity index (χ3n) is 2.67. The molecule has 0 bridgehead atoms. The Balaban J connectivity index is 2.13. The van der Waals surface area contributed by atoms with Crippen molar-refractivity contribution in [2.24, 2.45) is 0 Å². The largest absolute Gasteiger partial charge is 0.508 e. The summed E-state index contributed by atoms with van der Waals surface area (Å²) in [4.78, 5) is 13.2. The van der Waals surface area contributed by atoms with E-state index in [1.807, 2.05) is 36.4 Å². The van der Waals surface area contributed by atoms with Gasteiger partial charge in [0.05, 0.1) is 4.88 Å². The number of thiophene rings is 1. The lowest BCUT2D eigenvalue weighted by molar-refractivity contribution is 0.102. The summed E-state index contributed by atoms with van der Waals surface area (Å²) in [5, 5.41) is 9.24. The van der Waals surface area contributed by atoms with Crippen LogP contribution in [-0.4, -0.2) is 10.9 Å². The maximum absolute atomic E-state index is 11.2.